The minimum atomic E-state index is -1.23. The number of amides is 1. The van der Waals surface area contributed by atoms with E-state index in [1.54, 1.807) is 60.7 Å². The van der Waals surface area contributed by atoms with E-state index in [0.717, 1.165) is 5.01 Å². The van der Waals surface area contributed by atoms with Gasteiger partial charge in [-0.1, -0.05) is 48.5 Å². The van der Waals surface area contributed by atoms with Crippen LogP contribution in [0.1, 0.15) is 6.99 Å². The maximum atomic E-state index is 11.9. The molecule has 1 N–H and O–H groups in total. The zero-order chi connectivity index (χ0) is 15.9. The molecule has 0 aliphatic heterocycles. The molecule has 6 nitrogen and oxygen atoms in total. The van der Waals surface area contributed by atoms with Crippen molar-refractivity contribution in [3.63, 3.8) is 0 Å². The van der Waals surface area contributed by atoms with E-state index < -0.39 is 12.1 Å². The molecule has 0 bridgehead atoms. The summed E-state index contributed by atoms with van der Waals surface area (Å²) in [6.45, 7) is 0. The standard InChI is InChI=1S/C16H14N2O4.Na.H/c1-18(16(21)22-13-10-6-3-7-11-13)17-14(15(19)20)12-8-4-2-5-9-12;;/h2-11H,1H3,(H,19,20);;/q;+1;-1. The maximum Gasteiger partial charge on any atom is 1.00 e. The van der Waals surface area contributed by atoms with Gasteiger partial charge in [-0.2, -0.15) is 5.10 Å². The SMILES string of the molecule is CN(N=C(C(=O)O)c1ccccc1)C(=O)Oc1ccccc1.[H-].[Na+]. The Morgan fingerprint density at radius 2 is 1.57 bits per heavy atom. The van der Waals surface area contributed by atoms with E-state index in [1.807, 2.05) is 0 Å². The van der Waals surface area contributed by atoms with Crippen molar-refractivity contribution in [2.45, 2.75) is 0 Å². The van der Waals surface area contributed by atoms with E-state index in [4.69, 9.17) is 4.74 Å². The fourth-order valence-corrected chi connectivity index (χ4v) is 1.67. The van der Waals surface area contributed by atoms with Crippen molar-refractivity contribution in [2.75, 3.05) is 7.05 Å². The topological polar surface area (TPSA) is 79.2 Å². The molecule has 0 spiro atoms. The second kappa shape index (κ2) is 9.09. The van der Waals surface area contributed by atoms with Crippen molar-refractivity contribution in [1.29, 1.82) is 0 Å². The summed E-state index contributed by atoms with van der Waals surface area (Å²) in [7, 11) is 1.33. The average Bonchev–Trinajstić information content (AvgIpc) is 2.53. The van der Waals surface area contributed by atoms with Crippen molar-refractivity contribution < 1.29 is 50.4 Å². The number of hydrogen-bond donors (Lipinski definition) is 1. The Bertz CT molecular complexity index is 696. The quantitative estimate of drug-likeness (QED) is 0.477. The summed E-state index contributed by atoms with van der Waals surface area (Å²) in [4.78, 5) is 23.2. The molecule has 0 aromatic heterocycles. The fraction of sp³-hybridized carbons (Fsp3) is 0.0625. The Hall–Kier alpha value is -2.15. The van der Waals surface area contributed by atoms with Crippen molar-refractivity contribution in [3.8, 4) is 5.75 Å². The van der Waals surface area contributed by atoms with Crippen LogP contribution in [0.5, 0.6) is 5.75 Å². The van der Waals surface area contributed by atoms with Gasteiger partial charge in [0.25, 0.3) is 0 Å². The van der Waals surface area contributed by atoms with Gasteiger partial charge in [0.15, 0.2) is 5.71 Å². The number of carboxylic acid groups (broad SMARTS) is 1. The number of carboxylic acids is 1. The minimum absolute atomic E-state index is 0. The van der Waals surface area contributed by atoms with Gasteiger partial charge >= 0.3 is 41.6 Å². The molecular weight excluding hydrogens is 307 g/mol. The number of para-hydroxylation sites is 1. The summed E-state index contributed by atoms with van der Waals surface area (Å²) < 4.78 is 5.08. The third-order valence-electron chi connectivity index (χ3n) is 2.71. The van der Waals surface area contributed by atoms with Crippen molar-refractivity contribution in [2.24, 2.45) is 5.10 Å². The van der Waals surface area contributed by atoms with E-state index in [1.165, 1.54) is 7.05 Å². The van der Waals surface area contributed by atoms with Crippen LogP contribution < -0.4 is 34.3 Å². The van der Waals surface area contributed by atoms with Crippen LogP contribution in [0.3, 0.4) is 0 Å². The molecular formula is C16H15N2NaO4. The van der Waals surface area contributed by atoms with Gasteiger partial charge < -0.3 is 11.3 Å². The molecule has 0 radical (unpaired) electrons. The van der Waals surface area contributed by atoms with Crippen molar-refractivity contribution in [3.05, 3.63) is 66.2 Å². The largest absolute Gasteiger partial charge is 1.00 e. The first-order valence-electron chi connectivity index (χ1n) is 6.46. The van der Waals surface area contributed by atoms with E-state index in [2.05, 4.69) is 5.10 Å². The summed E-state index contributed by atoms with van der Waals surface area (Å²) >= 11 is 0. The van der Waals surface area contributed by atoms with Crippen LogP contribution in [0.2, 0.25) is 0 Å². The van der Waals surface area contributed by atoms with Crippen molar-refractivity contribution in [1.82, 2.24) is 5.01 Å². The number of ether oxygens (including phenoxy) is 1. The number of carbonyl (C=O) groups excluding carboxylic acids is 1. The van der Waals surface area contributed by atoms with Gasteiger partial charge in [0, 0.05) is 12.6 Å². The number of rotatable bonds is 4. The van der Waals surface area contributed by atoms with E-state index >= 15 is 0 Å². The van der Waals surface area contributed by atoms with E-state index in [9.17, 15) is 14.7 Å². The second-order valence-corrected chi connectivity index (χ2v) is 4.32. The minimum Gasteiger partial charge on any atom is -1.00 e. The van der Waals surface area contributed by atoms with Crippen molar-refractivity contribution >= 4 is 17.8 Å². The molecule has 2 aromatic rings. The number of nitrogens with zero attached hydrogens (tertiary/aromatic N) is 2. The Balaban J connectivity index is 0.00000264. The number of aliphatic carboxylic acids is 1. The third-order valence-corrected chi connectivity index (χ3v) is 2.71. The van der Waals surface area contributed by atoms with E-state index in [-0.39, 0.29) is 36.7 Å². The number of hydrogen-bond acceptors (Lipinski definition) is 4. The molecule has 0 saturated carbocycles. The Kier molecular flexibility index (Phi) is 7.47. The van der Waals surface area contributed by atoms with Gasteiger partial charge in [-0.05, 0) is 12.1 Å². The molecule has 0 atom stereocenters. The van der Waals surface area contributed by atoms with Crippen LogP contribution in [0, 0.1) is 0 Å². The first kappa shape index (κ1) is 18.9. The zero-order valence-electron chi connectivity index (χ0n) is 13.8. The maximum absolute atomic E-state index is 11.9. The summed E-state index contributed by atoms with van der Waals surface area (Å²) in [6, 6.07) is 16.8. The molecule has 0 aliphatic rings. The van der Waals surface area contributed by atoms with Gasteiger partial charge in [-0.25, -0.2) is 14.6 Å². The average molecular weight is 322 g/mol. The molecule has 0 heterocycles. The molecule has 0 unspecified atom stereocenters. The predicted octanol–water partition coefficient (Wildman–Crippen LogP) is -0.277. The van der Waals surface area contributed by atoms with Gasteiger partial charge in [0.05, 0.1) is 0 Å². The third kappa shape index (κ3) is 5.52. The van der Waals surface area contributed by atoms with Crippen LogP contribution in [-0.4, -0.2) is 34.9 Å². The number of benzene rings is 2. The van der Waals surface area contributed by atoms with Gasteiger partial charge in [0.1, 0.15) is 5.75 Å². The normalized spacial score (nSPS) is 10.4. The Morgan fingerprint density at radius 3 is 2.09 bits per heavy atom. The van der Waals surface area contributed by atoms with Crippen LogP contribution in [0.15, 0.2) is 65.8 Å². The molecule has 1 amide bonds. The molecule has 7 heteroatoms. The van der Waals surface area contributed by atoms with Crippen LogP contribution in [0.4, 0.5) is 4.79 Å². The Morgan fingerprint density at radius 1 is 1.04 bits per heavy atom. The summed E-state index contributed by atoms with van der Waals surface area (Å²) in [5.74, 6) is -0.878. The smallest absolute Gasteiger partial charge is 1.00 e. The molecule has 0 fully saturated rings. The van der Waals surface area contributed by atoms with Gasteiger partial charge in [-0.3, -0.25) is 0 Å². The van der Waals surface area contributed by atoms with Crippen LogP contribution >= 0.6 is 0 Å². The summed E-state index contributed by atoms with van der Waals surface area (Å²) in [5.41, 5.74) is 0.155. The fourth-order valence-electron chi connectivity index (χ4n) is 1.67. The molecule has 23 heavy (non-hydrogen) atoms. The second-order valence-electron chi connectivity index (χ2n) is 4.32. The number of carbonyl (C=O) groups is 2. The molecule has 2 aromatic carbocycles. The predicted molar refractivity (Wildman–Crippen MR) is 82.0 cm³/mol. The molecule has 2 rings (SSSR count). The molecule has 114 valence electrons. The van der Waals surface area contributed by atoms with Gasteiger partial charge in [-0.15, -0.1) is 0 Å². The first-order chi connectivity index (χ1) is 10.6. The zero-order valence-corrected chi connectivity index (χ0v) is 14.8. The Labute approximate surface area is 157 Å². The van der Waals surface area contributed by atoms with E-state index in [0.29, 0.717) is 11.3 Å². The van der Waals surface area contributed by atoms with Crippen LogP contribution in [-0.2, 0) is 4.79 Å². The molecule has 0 aliphatic carbocycles. The van der Waals surface area contributed by atoms with Crippen LogP contribution in [0.25, 0.3) is 0 Å². The van der Waals surface area contributed by atoms with Gasteiger partial charge in [0.2, 0.25) is 0 Å². The summed E-state index contributed by atoms with van der Waals surface area (Å²) in [6.07, 6.45) is -0.777. The number of hydrazone groups is 1. The first-order valence-corrected chi connectivity index (χ1v) is 6.46. The molecule has 0 saturated heterocycles. The summed E-state index contributed by atoms with van der Waals surface area (Å²) in [5, 5.41) is 13.9. The monoisotopic (exact) mass is 322 g/mol.